The van der Waals surface area contributed by atoms with Crippen molar-refractivity contribution in [3.8, 4) is 0 Å². The van der Waals surface area contributed by atoms with E-state index in [0.29, 0.717) is 11.7 Å². The highest BCUT2D eigenvalue weighted by Gasteiger charge is 2.38. The number of nitrogens with zero attached hydrogens (tertiary/aromatic N) is 3. The normalized spacial score (nSPS) is 20.0. The van der Waals surface area contributed by atoms with E-state index in [9.17, 15) is 4.79 Å². The second-order valence-corrected chi connectivity index (χ2v) is 7.10. The summed E-state index contributed by atoms with van der Waals surface area (Å²) in [5.74, 6) is 0.774. The summed E-state index contributed by atoms with van der Waals surface area (Å²) in [6.45, 7) is 4.12. The summed E-state index contributed by atoms with van der Waals surface area (Å²) in [6.07, 6.45) is 8.49. The monoisotopic (exact) mass is 325 g/mol. The maximum atomic E-state index is 13.3. The van der Waals surface area contributed by atoms with Crippen molar-refractivity contribution in [2.24, 2.45) is 0 Å². The third-order valence-corrected chi connectivity index (χ3v) is 5.05. The maximum absolute atomic E-state index is 13.3. The highest BCUT2D eigenvalue weighted by Crippen LogP contribution is 2.42. The van der Waals surface area contributed by atoms with Crippen molar-refractivity contribution in [2.75, 3.05) is 0 Å². The van der Waals surface area contributed by atoms with Crippen LogP contribution in [-0.4, -0.2) is 26.8 Å². The average molecular weight is 325 g/mol. The van der Waals surface area contributed by atoms with Crippen molar-refractivity contribution in [1.82, 2.24) is 14.9 Å². The minimum absolute atomic E-state index is 0.0135. The van der Waals surface area contributed by atoms with Crippen molar-refractivity contribution in [3.05, 3.63) is 47.4 Å². The lowest BCUT2D eigenvalue weighted by Gasteiger charge is -2.37. The molecule has 0 bridgehead atoms. The van der Waals surface area contributed by atoms with Crippen LogP contribution in [0.4, 0.5) is 0 Å². The van der Waals surface area contributed by atoms with Gasteiger partial charge in [0.2, 0.25) is 5.76 Å². The molecular formula is C19H23N3O2. The molecule has 2 aromatic rings. The van der Waals surface area contributed by atoms with E-state index in [1.807, 2.05) is 17.2 Å². The molecule has 1 fully saturated rings. The minimum Gasteiger partial charge on any atom is -0.438 e. The SMILES string of the molecule is CC(C)N(C(=O)c1ocnc1C1CC1)C1CCCc2cccnc21. The van der Waals surface area contributed by atoms with Crippen molar-refractivity contribution in [1.29, 1.82) is 0 Å². The lowest BCUT2D eigenvalue weighted by molar-refractivity contribution is 0.0542. The van der Waals surface area contributed by atoms with Crippen LogP contribution in [0.15, 0.2) is 29.1 Å². The molecule has 2 heterocycles. The fourth-order valence-electron chi connectivity index (χ4n) is 3.77. The van der Waals surface area contributed by atoms with Crippen LogP contribution in [0.1, 0.15) is 79.0 Å². The summed E-state index contributed by atoms with van der Waals surface area (Å²) >= 11 is 0. The van der Waals surface area contributed by atoms with Gasteiger partial charge >= 0.3 is 0 Å². The molecule has 1 amide bonds. The molecule has 2 aromatic heterocycles. The zero-order valence-corrected chi connectivity index (χ0v) is 14.2. The van der Waals surface area contributed by atoms with Gasteiger partial charge in [0, 0.05) is 18.2 Å². The summed E-state index contributed by atoms with van der Waals surface area (Å²) in [5, 5.41) is 0. The van der Waals surface area contributed by atoms with Gasteiger partial charge in [-0.2, -0.15) is 0 Å². The van der Waals surface area contributed by atoms with Crippen molar-refractivity contribution >= 4 is 5.91 Å². The number of rotatable bonds is 4. The third kappa shape index (κ3) is 2.62. The molecule has 2 aliphatic carbocycles. The first-order valence-corrected chi connectivity index (χ1v) is 8.86. The first kappa shape index (κ1) is 15.4. The summed E-state index contributed by atoms with van der Waals surface area (Å²) in [7, 11) is 0. The Kier molecular flexibility index (Phi) is 3.87. The molecule has 0 saturated heterocycles. The Bertz CT molecular complexity index is 749. The lowest BCUT2D eigenvalue weighted by atomic mass is 9.90. The predicted molar refractivity (Wildman–Crippen MR) is 89.7 cm³/mol. The Morgan fingerprint density at radius 1 is 1.25 bits per heavy atom. The predicted octanol–water partition coefficient (Wildman–Crippen LogP) is 3.88. The van der Waals surface area contributed by atoms with Gasteiger partial charge in [0.05, 0.1) is 17.4 Å². The van der Waals surface area contributed by atoms with E-state index in [1.165, 1.54) is 12.0 Å². The number of aryl methyl sites for hydroxylation is 1. The van der Waals surface area contributed by atoms with Crippen LogP contribution in [0.25, 0.3) is 0 Å². The number of oxazole rings is 1. The Hall–Kier alpha value is -2.17. The minimum atomic E-state index is -0.0482. The largest absolute Gasteiger partial charge is 0.438 e. The van der Waals surface area contributed by atoms with Crippen LogP contribution in [0.5, 0.6) is 0 Å². The highest BCUT2D eigenvalue weighted by atomic mass is 16.3. The fraction of sp³-hybridized carbons (Fsp3) is 0.526. The molecule has 5 heteroatoms. The van der Waals surface area contributed by atoms with Crippen molar-refractivity contribution < 1.29 is 9.21 Å². The lowest BCUT2D eigenvalue weighted by Crippen LogP contribution is -2.42. The van der Waals surface area contributed by atoms with Gasteiger partial charge in [0.25, 0.3) is 5.91 Å². The van der Waals surface area contributed by atoms with Crippen LogP contribution < -0.4 is 0 Å². The molecular weight excluding hydrogens is 302 g/mol. The molecule has 24 heavy (non-hydrogen) atoms. The van der Waals surface area contributed by atoms with E-state index in [0.717, 1.165) is 43.5 Å². The van der Waals surface area contributed by atoms with Crippen LogP contribution in [0, 0.1) is 0 Å². The van der Waals surface area contributed by atoms with Crippen molar-refractivity contribution in [3.63, 3.8) is 0 Å². The Balaban J connectivity index is 1.70. The molecule has 0 aromatic carbocycles. The van der Waals surface area contributed by atoms with Crippen LogP contribution in [0.3, 0.4) is 0 Å². The fourth-order valence-corrected chi connectivity index (χ4v) is 3.77. The number of pyridine rings is 1. The molecule has 1 atom stereocenters. The van der Waals surface area contributed by atoms with Gasteiger partial charge in [-0.3, -0.25) is 9.78 Å². The van der Waals surface area contributed by atoms with Crippen LogP contribution in [0.2, 0.25) is 0 Å². The zero-order valence-electron chi connectivity index (χ0n) is 14.2. The van der Waals surface area contributed by atoms with Gasteiger partial charge in [-0.15, -0.1) is 0 Å². The van der Waals surface area contributed by atoms with Gasteiger partial charge in [0.15, 0.2) is 6.39 Å². The van der Waals surface area contributed by atoms with Crippen LogP contribution in [-0.2, 0) is 6.42 Å². The molecule has 0 spiro atoms. The summed E-state index contributed by atoms with van der Waals surface area (Å²) in [6, 6.07) is 4.19. The molecule has 0 radical (unpaired) electrons. The Labute approximate surface area is 142 Å². The molecule has 5 nitrogen and oxygen atoms in total. The number of hydrogen-bond acceptors (Lipinski definition) is 4. The average Bonchev–Trinajstić information content (AvgIpc) is 3.31. The van der Waals surface area contributed by atoms with E-state index < -0.39 is 0 Å². The van der Waals surface area contributed by atoms with Gasteiger partial charge in [-0.25, -0.2) is 4.98 Å². The molecule has 126 valence electrons. The molecule has 1 unspecified atom stereocenters. The van der Waals surface area contributed by atoms with E-state index in [1.54, 1.807) is 0 Å². The molecule has 4 rings (SSSR count). The van der Waals surface area contributed by atoms with Crippen molar-refractivity contribution in [2.45, 2.75) is 64.0 Å². The van der Waals surface area contributed by atoms with E-state index >= 15 is 0 Å². The van der Waals surface area contributed by atoms with E-state index in [2.05, 4.69) is 29.9 Å². The third-order valence-electron chi connectivity index (χ3n) is 5.05. The number of carbonyl (C=O) groups excluding carboxylic acids is 1. The quantitative estimate of drug-likeness (QED) is 0.856. The van der Waals surface area contributed by atoms with Gasteiger partial charge in [-0.1, -0.05) is 6.07 Å². The zero-order chi connectivity index (χ0) is 16.7. The van der Waals surface area contributed by atoms with Crippen LogP contribution >= 0.6 is 0 Å². The first-order valence-electron chi connectivity index (χ1n) is 8.86. The second-order valence-electron chi connectivity index (χ2n) is 7.10. The number of carbonyl (C=O) groups is 1. The van der Waals surface area contributed by atoms with Gasteiger partial charge in [-0.05, 0) is 57.6 Å². The molecule has 1 saturated carbocycles. The van der Waals surface area contributed by atoms with E-state index in [4.69, 9.17) is 4.42 Å². The van der Waals surface area contributed by atoms with Gasteiger partial charge < -0.3 is 9.32 Å². The molecule has 0 N–H and O–H groups in total. The van der Waals surface area contributed by atoms with E-state index in [-0.39, 0.29) is 18.0 Å². The standard InChI is InChI=1S/C19H23N3O2/c1-12(2)22(15-7-3-5-13-6-4-10-20-16(13)15)19(23)18-17(14-8-9-14)21-11-24-18/h4,6,10-12,14-15H,3,5,7-9H2,1-2H3. The number of hydrogen-bond donors (Lipinski definition) is 0. The smallest absolute Gasteiger partial charge is 0.292 e. The van der Waals surface area contributed by atoms with Gasteiger partial charge in [0.1, 0.15) is 0 Å². The molecule has 0 aliphatic heterocycles. The summed E-state index contributed by atoms with van der Waals surface area (Å²) in [5.41, 5.74) is 3.13. The highest BCUT2D eigenvalue weighted by molar-refractivity contribution is 5.93. The first-order chi connectivity index (χ1) is 11.7. The number of aromatic nitrogens is 2. The second kappa shape index (κ2) is 6.04. The maximum Gasteiger partial charge on any atom is 0.292 e. The summed E-state index contributed by atoms with van der Waals surface area (Å²) < 4.78 is 5.51. The topological polar surface area (TPSA) is 59.2 Å². The number of fused-ring (bicyclic) bond motifs is 1. The number of amides is 1. The Morgan fingerprint density at radius 2 is 2.08 bits per heavy atom. The Morgan fingerprint density at radius 3 is 2.83 bits per heavy atom. The molecule has 2 aliphatic rings. The summed E-state index contributed by atoms with van der Waals surface area (Å²) in [4.78, 5) is 24.1.